The van der Waals surface area contributed by atoms with Crippen molar-refractivity contribution in [2.24, 2.45) is 4.99 Å². The SMILES string of the molecule is Cc1ccccc1N1CCN2C1=NC1C2C(=O)N(Cc2ccccc2)C(=O)N1C. The van der Waals surface area contributed by atoms with E-state index in [-0.39, 0.29) is 18.5 Å². The average Bonchev–Trinajstić information content (AvgIpc) is 3.30. The lowest BCUT2D eigenvalue weighted by molar-refractivity contribution is -0.137. The van der Waals surface area contributed by atoms with Crippen molar-refractivity contribution in [2.75, 3.05) is 25.0 Å². The largest absolute Gasteiger partial charge is 0.328 e. The number of amides is 3. The smallest absolute Gasteiger partial charge is 0.325 e. The zero-order chi connectivity index (χ0) is 20.1. The molecule has 0 N–H and O–H groups in total. The molecule has 3 aliphatic rings. The number of imide groups is 1. The zero-order valence-corrected chi connectivity index (χ0v) is 16.5. The maximum Gasteiger partial charge on any atom is 0.328 e. The standard InChI is InChI=1S/C22H23N5O2/c1-15-8-6-7-11-17(15)25-12-13-26-18-19(23-21(25)26)24(2)22(29)27(20(18)28)14-16-9-4-3-5-10-16/h3-11,18-19H,12-14H2,1-2H3. The van der Waals surface area contributed by atoms with Crippen LogP contribution < -0.4 is 4.90 Å². The molecule has 3 amide bonds. The van der Waals surface area contributed by atoms with E-state index in [0.29, 0.717) is 6.54 Å². The van der Waals surface area contributed by atoms with Crippen molar-refractivity contribution in [3.63, 3.8) is 0 Å². The molecule has 7 heteroatoms. The van der Waals surface area contributed by atoms with E-state index in [4.69, 9.17) is 4.99 Å². The van der Waals surface area contributed by atoms with Crippen LogP contribution in [0.3, 0.4) is 0 Å². The molecule has 3 aliphatic heterocycles. The van der Waals surface area contributed by atoms with E-state index in [1.165, 1.54) is 4.90 Å². The van der Waals surface area contributed by atoms with Gasteiger partial charge in [0.25, 0.3) is 5.91 Å². The van der Waals surface area contributed by atoms with Crippen LogP contribution in [0.25, 0.3) is 0 Å². The third-order valence-electron chi connectivity index (χ3n) is 5.97. The molecule has 2 atom stereocenters. The number of hydrogen-bond acceptors (Lipinski definition) is 5. The van der Waals surface area contributed by atoms with Crippen LogP contribution in [0, 0.1) is 6.92 Å². The number of likely N-dealkylation sites (N-methyl/N-ethyl adjacent to an activating group) is 1. The van der Waals surface area contributed by atoms with Gasteiger partial charge >= 0.3 is 6.03 Å². The summed E-state index contributed by atoms with van der Waals surface area (Å²) in [5.41, 5.74) is 3.19. The molecule has 0 bridgehead atoms. The van der Waals surface area contributed by atoms with Crippen molar-refractivity contribution < 1.29 is 9.59 Å². The molecule has 5 rings (SSSR count). The van der Waals surface area contributed by atoms with Gasteiger partial charge in [0.05, 0.1) is 6.54 Å². The van der Waals surface area contributed by atoms with E-state index in [1.807, 2.05) is 42.5 Å². The van der Waals surface area contributed by atoms with Gasteiger partial charge in [0, 0.05) is 25.8 Å². The monoisotopic (exact) mass is 389 g/mol. The maximum absolute atomic E-state index is 13.4. The van der Waals surface area contributed by atoms with Crippen LogP contribution in [0.5, 0.6) is 0 Å². The summed E-state index contributed by atoms with van der Waals surface area (Å²) in [5, 5.41) is 0. The summed E-state index contributed by atoms with van der Waals surface area (Å²) in [5.74, 6) is 0.608. The highest BCUT2D eigenvalue weighted by Gasteiger charge is 2.54. The van der Waals surface area contributed by atoms with Crippen LogP contribution in [0.4, 0.5) is 10.5 Å². The third-order valence-corrected chi connectivity index (χ3v) is 5.97. The highest BCUT2D eigenvalue weighted by Crippen LogP contribution is 2.34. The fraction of sp³-hybridized carbons (Fsp3) is 0.318. The second-order valence-electron chi connectivity index (χ2n) is 7.72. The Morgan fingerprint density at radius 3 is 2.48 bits per heavy atom. The first kappa shape index (κ1) is 17.7. The number of fused-ring (bicyclic) bond motifs is 3. The fourth-order valence-corrected chi connectivity index (χ4v) is 4.44. The number of rotatable bonds is 3. The van der Waals surface area contributed by atoms with Crippen LogP contribution in [0.2, 0.25) is 0 Å². The molecule has 148 valence electrons. The van der Waals surface area contributed by atoms with Crippen LogP contribution in [-0.4, -0.2) is 64.9 Å². The average molecular weight is 389 g/mol. The molecule has 0 spiro atoms. The molecule has 3 heterocycles. The van der Waals surface area contributed by atoms with Gasteiger partial charge in [-0.25, -0.2) is 9.79 Å². The molecule has 2 saturated heterocycles. The molecule has 0 saturated carbocycles. The maximum atomic E-state index is 13.4. The first-order valence-electron chi connectivity index (χ1n) is 9.86. The van der Waals surface area contributed by atoms with E-state index in [0.717, 1.165) is 29.3 Å². The molecule has 0 radical (unpaired) electrons. The van der Waals surface area contributed by atoms with Gasteiger partial charge in [0.2, 0.25) is 5.96 Å². The normalized spacial score (nSPS) is 23.4. The van der Waals surface area contributed by atoms with E-state index >= 15 is 0 Å². The van der Waals surface area contributed by atoms with Gasteiger partial charge in [-0.2, -0.15) is 0 Å². The van der Waals surface area contributed by atoms with Crippen molar-refractivity contribution in [3.8, 4) is 0 Å². The Kier molecular flexibility index (Phi) is 4.04. The number of aryl methyl sites for hydroxylation is 1. The molecule has 2 fully saturated rings. The van der Waals surface area contributed by atoms with Gasteiger partial charge < -0.3 is 14.7 Å². The second kappa shape index (κ2) is 6.62. The molecule has 0 aliphatic carbocycles. The lowest BCUT2D eigenvalue weighted by Crippen LogP contribution is -2.64. The van der Waals surface area contributed by atoms with Gasteiger partial charge in [0.15, 0.2) is 12.2 Å². The van der Waals surface area contributed by atoms with Crippen molar-refractivity contribution in [3.05, 3.63) is 65.7 Å². The number of hydrogen-bond donors (Lipinski definition) is 0. The Hall–Kier alpha value is -3.35. The summed E-state index contributed by atoms with van der Waals surface area (Å²) in [6, 6.07) is 17.0. The Morgan fingerprint density at radius 2 is 1.72 bits per heavy atom. The van der Waals surface area contributed by atoms with Crippen LogP contribution in [0.1, 0.15) is 11.1 Å². The fourth-order valence-electron chi connectivity index (χ4n) is 4.44. The number of carbonyl (C=O) groups is 2. The molecule has 7 nitrogen and oxygen atoms in total. The highest BCUT2D eigenvalue weighted by atomic mass is 16.2. The quantitative estimate of drug-likeness (QED) is 0.808. The number of para-hydroxylation sites is 1. The van der Waals surface area contributed by atoms with Gasteiger partial charge in [0.1, 0.15) is 0 Å². The Balaban J connectivity index is 1.46. The summed E-state index contributed by atoms with van der Waals surface area (Å²) in [6.07, 6.45) is -0.483. The minimum atomic E-state index is -0.483. The lowest BCUT2D eigenvalue weighted by atomic mass is 10.1. The summed E-state index contributed by atoms with van der Waals surface area (Å²) in [4.78, 5) is 38.3. The molecular weight excluding hydrogens is 366 g/mol. The van der Waals surface area contributed by atoms with E-state index < -0.39 is 12.2 Å². The minimum Gasteiger partial charge on any atom is -0.325 e. The third kappa shape index (κ3) is 2.68. The summed E-state index contributed by atoms with van der Waals surface area (Å²) in [7, 11) is 1.73. The molecule has 2 unspecified atom stereocenters. The molecule has 29 heavy (non-hydrogen) atoms. The van der Waals surface area contributed by atoms with E-state index in [9.17, 15) is 9.59 Å². The Bertz CT molecular complexity index is 1010. The van der Waals surface area contributed by atoms with Gasteiger partial charge in [-0.05, 0) is 24.1 Å². The topological polar surface area (TPSA) is 59.5 Å². The number of urea groups is 1. The minimum absolute atomic E-state index is 0.174. The van der Waals surface area contributed by atoms with Gasteiger partial charge in [-0.3, -0.25) is 9.69 Å². The van der Waals surface area contributed by atoms with E-state index in [2.05, 4.69) is 28.9 Å². The Labute approximate surface area is 169 Å². The number of guanidine groups is 1. The van der Waals surface area contributed by atoms with E-state index in [1.54, 1.807) is 11.9 Å². The van der Waals surface area contributed by atoms with Gasteiger partial charge in [-0.1, -0.05) is 48.5 Å². The molecule has 2 aromatic carbocycles. The summed E-state index contributed by atoms with van der Waals surface area (Å²) in [6.45, 7) is 3.83. The molecule has 2 aromatic rings. The van der Waals surface area contributed by atoms with Crippen molar-refractivity contribution in [1.82, 2.24) is 14.7 Å². The second-order valence-corrected chi connectivity index (χ2v) is 7.72. The van der Waals surface area contributed by atoms with Crippen LogP contribution in [-0.2, 0) is 11.3 Å². The number of nitrogens with zero attached hydrogens (tertiary/aromatic N) is 5. The number of anilines is 1. The number of aliphatic imine (C=N–C) groups is 1. The van der Waals surface area contributed by atoms with Crippen LogP contribution >= 0.6 is 0 Å². The summed E-state index contributed by atoms with van der Waals surface area (Å²) >= 11 is 0. The van der Waals surface area contributed by atoms with Crippen molar-refractivity contribution in [1.29, 1.82) is 0 Å². The molecule has 0 aromatic heterocycles. The first-order valence-corrected chi connectivity index (χ1v) is 9.86. The molecular formula is C22H23N5O2. The van der Waals surface area contributed by atoms with Crippen LogP contribution in [0.15, 0.2) is 59.6 Å². The van der Waals surface area contributed by atoms with Gasteiger partial charge in [-0.15, -0.1) is 0 Å². The predicted molar refractivity (Wildman–Crippen MR) is 110 cm³/mol. The zero-order valence-electron chi connectivity index (χ0n) is 16.5. The predicted octanol–water partition coefficient (Wildman–Crippen LogP) is 2.28. The lowest BCUT2D eigenvalue weighted by Gasteiger charge is -2.40. The highest BCUT2D eigenvalue weighted by molar-refractivity contribution is 6.08. The Morgan fingerprint density at radius 1 is 1.00 bits per heavy atom. The first-order chi connectivity index (χ1) is 14.1. The van der Waals surface area contributed by atoms with Crippen molar-refractivity contribution >= 4 is 23.6 Å². The number of benzene rings is 2. The summed E-state index contributed by atoms with van der Waals surface area (Å²) < 4.78 is 0. The number of carbonyl (C=O) groups excluding carboxylic acids is 2. The van der Waals surface area contributed by atoms with Crippen molar-refractivity contribution in [2.45, 2.75) is 25.7 Å².